The zero-order valence-corrected chi connectivity index (χ0v) is 13.0. The van der Waals surface area contributed by atoms with Gasteiger partial charge in [-0.3, -0.25) is 0 Å². The lowest BCUT2D eigenvalue weighted by Gasteiger charge is -2.17. The van der Waals surface area contributed by atoms with Gasteiger partial charge in [0.1, 0.15) is 17.3 Å². The lowest BCUT2D eigenvalue weighted by Crippen LogP contribution is -2.31. The van der Waals surface area contributed by atoms with E-state index in [2.05, 4.69) is 0 Å². The average molecular weight is 316 g/mol. The molecule has 1 aromatic carbocycles. The number of esters is 1. The number of ether oxygens (including phenoxy) is 3. The summed E-state index contributed by atoms with van der Waals surface area (Å²) in [6.45, 7) is 1.65. The number of benzene rings is 1. The fraction of sp³-hybridized carbons (Fsp3) is 0.294. The van der Waals surface area contributed by atoms with E-state index in [1.54, 1.807) is 44.4 Å². The van der Waals surface area contributed by atoms with Gasteiger partial charge in [0.15, 0.2) is 0 Å². The van der Waals surface area contributed by atoms with Crippen molar-refractivity contribution < 1.29 is 23.4 Å². The Kier molecular flexibility index (Phi) is 3.82. The van der Waals surface area contributed by atoms with Crippen molar-refractivity contribution in [3.63, 3.8) is 0 Å². The molecule has 0 amide bonds. The molecule has 1 aliphatic heterocycles. The zero-order chi connectivity index (χ0) is 16.6. The maximum Gasteiger partial charge on any atom is 0.348 e. The van der Waals surface area contributed by atoms with Crippen LogP contribution in [-0.2, 0) is 9.53 Å². The molecule has 23 heavy (non-hydrogen) atoms. The van der Waals surface area contributed by atoms with Gasteiger partial charge in [-0.25, -0.2) is 9.59 Å². The van der Waals surface area contributed by atoms with Gasteiger partial charge in [0.05, 0.1) is 25.7 Å². The quantitative estimate of drug-likeness (QED) is 0.807. The Hall–Kier alpha value is -2.76. The molecule has 0 N–H and O–H groups in total. The third kappa shape index (κ3) is 2.56. The smallest absolute Gasteiger partial charge is 0.348 e. The van der Waals surface area contributed by atoms with Crippen LogP contribution in [0.2, 0.25) is 0 Å². The Labute approximate surface area is 132 Å². The highest BCUT2D eigenvalue weighted by Crippen LogP contribution is 2.41. The molecule has 1 aromatic heterocycles. The van der Waals surface area contributed by atoms with Crippen LogP contribution in [0.15, 0.2) is 39.5 Å². The zero-order valence-electron chi connectivity index (χ0n) is 13.0. The highest BCUT2D eigenvalue weighted by atomic mass is 16.6. The number of carbonyl (C=O) groups is 1. The maximum absolute atomic E-state index is 12.3. The van der Waals surface area contributed by atoms with Crippen LogP contribution in [0.5, 0.6) is 11.5 Å². The fourth-order valence-corrected chi connectivity index (χ4v) is 2.78. The molecule has 6 heteroatoms. The van der Waals surface area contributed by atoms with Gasteiger partial charge in [0.25, 0.3) is 0 Å². The molecule has 6 nitrogen and oxygen atoms in total. The molecular weight excluding hydrogens is 300 g/mol. The first-order valence-corrected chi connectivity index (χ1v) is 7.08. The Morgan fingerprint density at radius 2 is 1.87 bits per heavy atom. The standard InChI is InChI=1S/C17H16O6/c1-9-8-12-14(16(18)22-9)13(15(23-12)17(19)21-3)10-4-6-11(20-2)7-5-10/h4-8,13,15H,1-3H3. The summed E-state index contributed by atoms with van der Waals surface area (Å²) in [5.74, 6) is 0.334. The molecule has 0 saturated carbocycles. The molecule has 0 radical (unpaired) electrons. The molecule has 0 fully saturated rings. The molecule has 0 aliphatic carbocycles. The number of methoxy groups -OCH3 is 2. The first-order valence-electron chi connectivity index (χ1n) is 7.08. The third-order valence-electron chi connectivity index (χ3n) is 3.85. The van der Waals surface area contributed by atoms with E-state index in [0.29, 0.717) is 22.8 Å². The first kappa shape index (κ1) is 15.1. The van der Waals surface area contributed by atoms with Crippen LogP contribution in [0.25, 0.3) is 0 Å². The van der Waals surface area contributed by atoms with Crippen LogP contribution in [0.3, 0.4) is 0 Å². The second-order valence-corrected chi connectivity index (χ2v) is 5.23. The van der Waals surface area contributed by atoms with Crippen molar-refractivity contribution in [3.8, 4) is 11.5 Å². The van der Waals surface area contributed by atoms with E-state index in [4.69, 9.17) is 18.6 Å². The van der Waals surface area contributed by atoms with Gasteiger partial charge in [-0.05, 0) is 24.6 Å². The van der Waals surface area contributed by atoms with Gasteiger partial charge in [-0.1, -0.05) is 12.1 Å². The van der Waals surface area contributed by atoms with E-state index in [9.17, 15) is 9.59 Å². The molecule has 2 aromatic rings. The predicted octanol–water partition coefficient (Wildman–Crippen LogP) is 2.02. The number of hydrogen-bond acceptors (Lipinski definition) is 6. The van der Waals surface area contributed by atoms with E-state index in [-0.39, 0.29) is 0 Å². The number of fused-ring (bicyclic) bond motifs is 1. The molecule has 0 bridgehead atoms. The molecule has 3 rings (SSSR count). The van der Waals surface area contributed by atoms with Crippen LogP contribution < -0.4 is 15.1 Å². The van der Waals surface area contributed by atoms with Crippen LogP contribution >= 0.6 is 0 Å². The van der Waals surface area contributed by atoms with Crippen molar-refractivity contribution in [2.75, 3.05) is 14.2 Å². The lowest BCUT2D eigenvalue weighted by molar-refractivity contribution is -0.148. The Morgan fingerprint density at radius 1 is 1.17 bits per heavy atom. The van der Waals surface area contributed by atoms with Gasteiger partial charge in [0.2, 0.25) is 6.10 Å². The SMILES string of the molecule is COC(=O)C1Oc2cc(C)oc(=O)c2C1c1ccc(OC)cc1. The molecule has 2 atom stereocenters. The van der Waals surface area contributed by atoms with Crippen molar-refractivity contribution in [1.29, 1.82) is 0 Å². The predicted molar refractivity (Wildman–Crippen MR) is 81.0 cm³/mol. The third-order valence-corrected chi connectivity index (χ3v) is 3.85. The van der Waals surface area contributed by atoms with Crippen molar-refractivity contribution in [2.24, 2.45) is 0 Å². The molecule has 0 spiro atoms. The van der Waals surface area contributed by atoms with E-state index in [1.165, 1.54) is 7.11 Å². The largest absolute Gasteiger partial charge is 0.497 e. The molecular formula is C17H16O6. The summed E-state index contributed by atoms with van der Waals surface area (Å²) in [4.78, 5) is 24.4. The van der Waals surface area contributed by atoms with Crippen molar-refractivity contribution in [2.45, 2.75) is 18.9 Å². The summed E-state index contributed by atoms with van der Waals surface area (Å²) >= 11 is 0. The minimum absolute atomic E-state index is 0.330. The molecule has 2 unspecified atom stereocenters. The van der Waals surface area contributed by atoms with E-state index in [1.807, 2.05) is 0 Å². The Balaban J connectivity index is 2.13. The molecule has 120 valence electrons. The second-order valence-electron chi connectivity index (χ2n) is 5.23. The average Bonchev–Trinajstić information content (AvgIpc) is 2.93. The number of carbonyl (C=O) groups excluding carboxylic acids is 1. The van der Waals surface area contributed by atoms with Crippen LogP contribution in [0.4, 0.5) is 0 Å². The van der Waals surface area contributed by atoms with Gasteiger partial charge < -0.3 is 18.6 Å². The van der Waals surface area contributed by atoms with E-state index >= 15 is 0 Å². The number of hydrogen-bond donors (Lipinski definition) is 0. The lowest BCUT2D eigenvalue weighted by atomic mass is 9.89. The minimum atomic E-state index is -0.923. The first-order chi connectivity index (χ1) is 11.0. The Bertz CT molecular complexity index is 790. The van der Waals surface area contributed by atoms with Crippen molar-refractivity contribution >= 4 is 5.97 Å². The molecule has 2 heterocycles. The highest BCUT2D eigenvalue weighted by molar-refractivity contribution is 5.79. The maximum atomic E-state index is 12.3. The topological polar surface area (TPSA) is 75.0 Å². The van der Waals surface area contributed by atoms with Gasteiger partial charge in [-0.15, -0.1) is 0 Å². The number of rotatable bonds is 3. The highest BCUT2D eigenvalue weighted by Gasteiger charge is 2.43. The minimum Gasteiger partial charge on any atom is -0.497 e. The summed E-state index contributed by atoms with van der Waals surface area (Å²) in [5, 5.41) is 0. The van der Waals surface area contributed by atoms with Crippen LogP contribution in [0, 0.1) is 6.92 Å². The number of aryl methyl sites for hydroxylation is 1. The summed E-state index contributed by atoms with van der Waals surface area (Å²) in [5.41, 5.74) is 0.569. The Morgan fingerprint density at radius 3 is 2.48 bits per heavy atom. The molecule has 1 aliphatic rings. The van der Waals surface area contributed by atoms with Gasteiger partial charge >= 0.3 is 11.6 Å². The van der Waals surface area contributed by atoms with Crippen molar-refractivity contribution in [3.05, 3.63) is 57.6 Å². The summed E-state index contributed by atoms with van der Waals surface area (Å²) in [7, 11) is 2.85. The normalized spacial score (nSPS) is 18.9. The summed E-state index contributed by atoms with van der Waals surface area (Å²) in [6.07, 6.45) is -0.923. The van der Waals surface area contributed by atoms with E-state index in [0.717, 1.165) is 5.56 Å². The van der Waals surface area contributed by atoms with E-state index < -0.39 is 23.6 Å². The van der Waals surface area contributed by atoms with Gasteiger partial charge in [0, 0.05) is 6.07 Å². The van der Waals surface area contributed by atoms with Gasteiger partial charge in [-0.2, -0.15) is 0 Å². The monoisotopic (exact) mass is 316 g/mol. The summed E-state index contributed by atoms with van der Waals surface area (Å²) in [6, 6.07) is 8.71. The van der Waals surface area contributed by atoms with Crippen LogP contribution in [0.1, 0.15) is 22.8 Å². The van der Waals surface area contributed by atoms with Crippen LogP contribution in [-0.4, -0.2) is 26.3 Å². The van der Waals surface area contributed by atoms with Crippen molar-refractivity contribution in [1.82, 2.24) is 0 Å². The second kappa shape index (κ2) is 5.79. The summed E-state index contributed by atoms with van der Waals surface area (Å²) < 4.78 is 20.8. The molecule has 0 saturated heterocycles. The fourth-order valence-electron chi connectivity index (χ4n) is 2.78.